The van der Waals surface area contributed by atoms with Gasteiger partial charge in [-0.3, -0.25) is 4.79 Å². The Kier molecular flexibility index (Phi) is 3.69. The van der Waals surface area contributed by atoms with Gasteiger partial charge >= 0.3 is 0 Å². The van der Waals surface area contributed by atoms with Crippen LogP contribution >= 0.6 is 0 Å². The molecular formula is C15H11F3O. The molecule has 2 aromatic carbocycles. The van der Waals surface area contributed by atoms with Crippen molar-refractivity contribution in [1.29, 1.82) is 0 Å². The molecule has 0 saturated carbocycles. The van der Waals surface area contributed by atoms with Crippen molar-refractivity contribution in [2.45, 2.75) is 13.3 Å². The molecule has 0 aliphatic carbocycles. The van der Waals surface area contributed by atoms with Crippen molar-refractivity contribution in [3.63, 3.8) is 0 Å². The molecule has 0 radical (unpaired) electrons. The van der Waals surface area contributed by atoms with Gasteiger partial charge in [-0.05, 0) is 30.2 Å². The van der Waals surface area contributed by atoms with Crippen LogP contribution in [0.15, 0.2) is 36.4 Å². The van der Waals surface area contributed by atoms with E-state index < -0.39 is 17.5 Å². The Balaban J connectivity index is 2.37. The summed E-state index contributed by atoms with van der Waals surface area (Å²) >= 11 is 0. The largest absolute Gasteiger partial charge is 0.300 e. The lowest BCUT2D eigenvalue weighted by Gasteiger charge is -2.06. The minimum Gasteiger partial charge on any atom is -0.300 e. The molecule has 0 heterocycles. The summed E-state index contributed by atoms with van der Waals surface area (Å²) in [7, 11) is 0. The molecule has 0 aliphatic rings. The summed E-state index contributed by atoms with van der Waals surface area (Å²) in [4.78, 5) is 11.0. The molecule has 4 heteroatoms. The number of halogens is 3. The van der Waals surface area contributed by atoms with Gasteiger partial charge < -0.3 is 0 Å². The van der Waals surface area contributed by atoms with Crippen LogP contribution < -0.4 is 0 Å². The van der Waals surface area contributed by atoms with Crippen molar-refractivity contribution >= 4 is 5.78 Å². The van der Waals surface area contributed by atoms with Crippen LogP contribution in [0.5, 0.6) is 0 Å². The zero-order chi connectivity index (χ0) is 14.0. The normalized spacial score (nSPS) is 10.5. The predicted molar refractivity (Wildman–Crippen MR) is 66.1 cm³/mol. The third-order valence-corrected chi connectivity index (χ3v) is 2.75. The monoisotopic (exact) mass is 264 g/mol. The van der Waals surface area contributed by atoms with E-state index in [2.05, 4.69) is 0 Å². The van der Waals surface area contributed by atoms with E-state index in [1.165, 1.54) is 13.0 Å². The van der Waals surface area contributed by atoms with Crippen LogP contribution in [0.25, 0.3) is 11.1 Å². The van der Waals surface area contributed by atoms with E-state index in [4.69, 9.17) is 0 Å². The number of hydrogen-bond acceptors (Lipinski definition) is 1. The first kappa shape index (κ1) is 13.3. The van der Waals surface area contributed by atoms with Crippen molar-refractivity contribution in [3.8, 4) is 11.1 Å². The van der Waals surface area contributed by atoms with Gasteiger partial charge in [0.2, 0.25) is 0 Å². The van der Waals surface area contributed by atoms with Gasteiger partial charge in [-0.2, -0.15) is 0 Å². The fourth-order valence-electron chi connectivity index (χ4n) is 1.84. The quantitative estimate of drug-likeness (QED) is 0.768. The van der Waals surface area contributed by atoms with Gasteiger partial charge in [-0.25, -0.2) is 13.2 Å². The van der Waals surface area contributed by atoms with E-state index in [1.807, 2.05) is 0 Å². The average Bonchev–Trinajstić information content (AvgIpc) is 2.37. The zero-order valence-corrected chi connectivity index (χ0v) is 10.2. The van der Waals surface area contributed by atoms with Gasteiger partial charge in [-0.15, -0.1) is 0 Å². The van der Waals surface area contributed by atoms with Gasteiger partial charge in [0.1, 0.15) is 5.78 Å². The van der Waals surface area contributed by atoms with Crippen molar-refractivity contribution < 1.29 is 18.0 Å². The molecule has 0 fully saturated rings. The highest BCUT2D eigenvalue weighted by Crippen LogP contribution is 2.26. The molecule has 0 N–H and O–H groups in total. The molecule has 0 spiro atoms. The number of carbonyl (C=O) groups excluding carboxylic acids is 1. The predicted octanol–water partition coefficient (Wildman–Crippen LogP) is 3.90. The standard InChI is InChI=1S/C15H11F3O/c1-9(19)8-10-2-4-11(5-3-10)12-6-7-13(16)15(18)14(12)17/h2-7H,8H2,1H3. The van der Waals surface area contributed by atoms with Crippen molar-refractivity contribution in [3.05, 3.63) is 59.4 Å². The Morgan fingerprint density at radius 3 is 2.16 bits per heavy atom. The number of carbonyl (C=O) groups is 1. The van der Waals surface area contributed by atoms with Gasteiger partial charge in [0.05, 0.1) is 0 Å². The van der Waals surface area contributed by atoms with Crippen molar-refractivity contribution in [1.82, 2.24) is 0 Å². The van der Waals surface area contributed by atoms with Crippen LogP contribution in [0.4, 0.5) is 13.2 Å². The Bertz CT molecular complexity index is 618. The second-order valence-electron chi connectivity index (χ2n) is 4.30. The zero-order valence-electron chi connectivity index (χ0n) is 10.2. The third-order valence-electron chi connectivity index (χ3n) is 2.75. The Hall–Kier alpha value is -2.10. The second kappa shape index (κ2) is 5.26. The molecule has 1 nitrogen and oxygen atoms in total. The summed E-state index contributed by atoms with van der Waals surface area (Å²) in [6.07, 6.45) is 0.292. The number of benzene rings is 2. The summed E-state index contributed by atoms with van der Waals surface area (Å²) in [6, 6.07) is 8.56. The van der Waals surface area contributed by atoms with Crippen molar-refractivity contribution in [2.75, 3.05) is 0 Å². The molecule has 0 aliphatic heterocycles. The minimum absolute atomic E-state index is 0.00623. The molecule has 19 heavy (non-hydrogen) atoms. The smallest absolute Gasteiger partial charge is 0.195 e. The maximum atomic E-state index is 13.6. The summed E-state index contributed by atoms with van der Waals surface area (Å²) in [6.45, 7) is 1.48. The highest BCUT2D eigenvalue weighted by molar-refractivity contribution is 5.78. The van der Waals surface area contributed by atoms with Crippen molar-refractivity contribution in [2.24, 2.45) is 0 Å². The molecule has 0 unspecified atom stereocenters. The maximum Gasteiger partial charge on any atom is 0.195 e. The van der Waals surface area contributed by atoms with Gasteiger partial charge in [-0.1, -0.05) is 24.3 Å². The first-order valence-electron chi connectivity index (χ1n) is 5.71. The molecule has 0 aromatic heterocycles. The summed E-state index contributed by atoms with van der Waals surface area (Å²) in [5.74, 6) is -3.88. The van der Waals surface area contributed by atoms with E-state index in [1.54, 1.807) is 24.3 Å². The van der Waals surface area contributed by atoms with Crippen LogP contribution in [0.1, 0.15) is 12.5 Å². The molecule has 98 valence electrons. The summed E-state index contributed by atoms with van der Waals surface area (Å²) in [5.41, 5.74) is 1.22. The van der Waals surface area contributed by atoms with E-state index in [0.29, 0.717) is 12.0 Å². The molecule has 0 saturated heterocycles. The molecule has 0 bridgehead atoms. The van der Waals surface area contributed by atoms with Gasteiger partial charge in [0.25, 0.3) is 0 Å². The molecule has 0 amide bonds. The lowest BCUT2D eigenvalue weighted by molar-refractivity contribution is -0.116. The molecular weight excluding hydrogens is 253 g/mol. The number of hydrogen-bond donors (Lipinski definition) is 0. The first-order valence-corrected chi connectivity index (χ1v) is 5.71. The Morgan fingerprint density at radius 2 is 1.58 bits per heavy atom. The molecule has 2 rings (SSSR count). The fraction of sp³-hybridized carbons (Fsp3) is 0.133. The Morgan fingerprint density at radius 1 is 0.947 bits per heavy atom. The van der Waals surface area contributed by atoms with Crippen LogP contribution in [-0.2, 0) is 11.2 Å². The van der Waals surface area contributed by atoms with Gasteiger partial charge in [0, 0.05) is 12.0 Å². The Labute approximate surface area is 108 Å². The first-order chi connectivity index (χ1) is 8.99. The van der Waals surface area contributed by atoms with Crippen LogP contribution in [0.2, 0.25) is 0 Å². The third kappa shape index (κ3) is 2.84. The lowest BCUT2D eigenvalue weighted by atomic mass is 10.0. The second-order valence-corrected chi connectivity index (χ2v) is 4.30. The number of ketones is 1. The van der Waals surface area contributed by atoms with E-state index in [9.17, 15) is 18.0 Å². The fourth-order valence-corrected chi connectivity index (χ4v) is 1.84. The van der Waals surface area contributed by atoms with E-state index in [0.717, 1.165) is 11.6 Å². The topological polar surface area (TPSA) is 17.1 Å². The van der Waals surface area contributed by atoms with Gasteiger partial charge in [0.15, 0.2) is 17.5 Å². The van der Waals surface area contributed by atoms with Crippen LogP contribution in [0, 0.1) is 17.5 Å². The van der Waals surface area contributed by atoms with Crippen LogP contribution in [-0.4, -0.2) is 5.78 Å². The van der Waals surface area contributed by atoms with Crippen LogP contribution in [0.3, 0.4) is 0 Å². The average molecular weight is 264 g/mol. The molecule has 0 atom stereocenters. The van der Waals surface area contributed by atoms with E-state index >= 15 is 0 Å². The van der Waals surface area contributed by atoms with E-state index in [-0.39, 0.29) is 11.3 Å². The number of rotatable bonds is 3. The summed E-state index contributed by atoms with van der Waals surface area (Å²) < 4.78 is 39.6. The minimum atomic E-state index is -1.48. The highest BCUT2D eigenvalue weighted by Gasteiger charge is 2.14. The summed E-state index contributed by atoms with van der Waals surface area (Å²) in [5, 5.41) is 0. The number of Topliss-reactive ketones (excluding diaryl/α,β-unsaturated/α-hetero) is 1. The SMILES string of the molecule is CC(=O)Cc1ccc(-c2ccc(F)c(F)c2F)cc1. The molecule has 2 aromatic rings. The lowest BCUT2D eigenvalue weighted by Crippen LogP contribution is -1.97. The maximum absolute atomic E-state index is 13.6. The highest BCUT2D eigenvalue weighted by atomic mass is 19.2.